The van der Waals surface area contributed by atoms with Gasteiger partial charge in [-0.25, -0.2) is 12.7 Å². The smallest absolute Gasteiger partial charge is 0.232 e. The second kappa shape index (κ2) is 3.93. The van der Waals surface area contributed by atoms with E-state index in [1.54, 1.807) is 14.1 Å². The van der Waals surface area contributed by atoms with Crippen LogP contribution in [-0.2, 0) is 19.6 Å². The second-order valence-corrected chi connectivity index (χ2v) is 7.11. The molecule has 0 unspecified atom stereocenters. The van der Waals surface area contributed by atoms with Gasteiger partial charge in [-0.15, -0.1) is 0 Å². The standard InChI is InChI=1S/C10H18N2O4S/c1-11(2)9(13)10-6-12(17(3,14)15)4-8(10)5-16-7-10/h8H,4-7H2,1-3H3/t8-,10-/m0/s1. The first-order chi connectivity index (χ1) is 7.77. The number of carbonyl (C=O) groups excluding carboxylic acids is 1. The number of sulfonamides is 1. The summed E-state index contributed by atoms with van der Waals surface area (Å²) in [6, 6.07) is 0. The summed E-state index contributed by atoms with van der Waals surface area (Å²) in [7, 11) is 0.145. The molecule has 98 valence electrons. The van der Waals surface area contributed by atoms with Crippen molar-refractivity contribution in [3.8, 4) is 0 Å². The molecule has 2 heterocycles. The van der Waals surface area contributed by atoms with Crippen LogP contribution in [0, 0.1) is 11.3 Å². The Balaban J connectivity index is 2.30. The molecule has 0 radical (unpaired) electrons. The molecule has 2 saturated heterocycles. The summed E-state index contributed by atoms with van der Waals surface area (Å²) >= 11 is 0. The third-order valence-corrected chi connectivity index (χ3v) is 4.86. The Morgan fingerprint density at radius 3 is 2.65 bits per heavy atom. The maximum absolute atomic E-state index is 12.2. The van der Waals surface area contributed by atoms with Crippen molar-refractivity contribution in [1.29, 1.82) is 0 Å². The lowest BCUT2D eigenvalue weighted by molar-refractivity contribution is -0.139. The minimum Gasteiger partial charge on any atom is -0.380 e. The lowest BCUT2D eigenvalue weighted by Crippen LogP contribution is -2.46. The minimum atomic E-state index is -3.23. The van der Waals surface area contributed by atoms with Gasteiger partial charge in [-0.1, -0.05) is 0 Å². The van der Waals surface area contributed by atoms with Crippen LogP contribution in [0.2, 0.25) is 0 Å². The molecule has 0 aromatic carbocycles. The fraction of sp³-hybridized carbons (Fsp3) is 0.900. The molecule has 0 N–H and O–H groups in total. The number of amides is 1. The quantitative estimate of drug-likeness (QED) is 0.639. The van der Waals surface area contributed by atoms with E-state index >= 15 is 0 Å². The third-order valence-electron chi connectivity index (χ3n) is 3.64. The largest absolute Gasteiger partial charge is 0.380 e. The van der Waals surface area contributed by atoms with Crippen molar-refractivity contribution in [2.24, 2.45) is 11.3 Å². The van der Waals surface area contributed by atoms with Gasteiger partial charge < -0.3 is 9.64 Å². The van der Waals surface area contributed by atoms with Crippen LogP contribution in [0.15, 0.2) is 0 Å². The summed E-state index contributed by atoms with van der Waals surface area (Å²) < 4.78 is 29.9. The molecule has 0 aromatic rings. The number of fused-ring (bicyclic) bond motifs is 1. The van der Waals surface area contributed by atoms with E-state index in [0.717, 1.165) is 0 Å². The van der Waals surface area contributed by atoms with Gasteiger partial charge in [0.1, 0.15) is 0 Å². The predicted octanol–water partition coefficient (Wildman–Crippen LogP) is -1.02. The highest BCUT2D eigenvalue weighted by molar-refractivity contribution is 7.88. The van der Waals surface area contributed by atoms with Crippen LogP contribution in [-0.4, -0.2) is 70.2 Å². The van der Waals surface area contributed by atoms with Crippen molar-refractivity contribution in [2.75, 3.05) is 46.7 Å². The molecular formula is C10H18N2O4S. The van der Waals surface area contributed by atoms with Crippen molar-refractivity contribution < 1.29 is 17.9 Å². The zero-order chi connectivity index (χ0) is 12.8. The molecule has 0 spiro atoms. The van der Waals surface area contributed by atoms with Crippen LogP contribution in [0.5, 0.6) is 0 Å². The first-order valence-corrected chi connectivity index (χ1v) is 7.37. The number of ether oxygens (including phenoxy) is 1. The first kappa shape index (κ1) is 12.8. The van der Waals surface area contributed by atoms with E-state index in [1.165, 1.54) is 15.5 Å². The maximum Gasteiger partial charge on any atom is 0.232 e. The van der Waals surface area contributed by atoms with E-state index in [1.807, 2.05) is 0 Å². The monoisotopic (exact) mass is 262 g/mol. The average molecular weight is 262 g/mol. The molecule has 0 aromatic heterocycles. The topological polar surface area (TPSA) is 66.9 Å². The fourth-order valence-corrected chi connectivity index (χ4v) is 3.61. The van der Waals surface area contributed by atoms with E-state index in [9.17, 15) is 13.2 Å². The Morgan fingerprint density at radius 1 is 1.47 bits per heavy atom. The summed E-state index contributed by atoms with van der Waals surface area (Å²) in [5.74, 6) is -0.0572. The SMILES string of the molecule is CN(C)C(=O)[C@@]12COC[C@@H]1CN(S(C)(=O)=O)C2. The lowest BCUT2D eigenvalue weighted by atomic mass is 9.80. The number of hydrogen-bond donors (Lipinski definition) is 0. The van der Waals surface area contributed by atoms with Crippen LogP contribution in [0.25, 0.3) is 0 Å². The molecule has 2 aliphatic rings. The molecule has 1 amide bonds. The predicted molar refractivity (Wildman–Crippen MR) is 61.9 cm³/mol. The molecule has 2 aliphatic heterocycles. The van der Waals surface area contributed by atoms with Crippen molar-refractivity contribution >= 4 is 15.9 Å². The van der Waals surface area contributed by atoms with E-state index in [2.05, 4.69) is 0 Å². The van der Waals surface area contributed by atoms with Gasteiger partial charge in [0.2, 0.25) is 15.9 Å². The van der Waals surface area contributed by atoms with Crippen LogP contribution in [0.4, 0.5) is 0 Å². The zero-order valence-corrected chi connectivity index (χ0v) is 11.2. The Bertz CT molecular complexity index is 434. The summed E-state index contributed by atoms with van der Waals surface area (Å²) in [5, 5.41) is 0. The molecule has 0 aliphatic carbocycles. The van der Waals surface area contributed by atoms with Crippen LogP contribution in [0.3, 0.4) is 0 Å². The van der Waals surface area contributed by atoms with Crippen molar-refractivity contribution in [3.05, 3.63) is 0 Å². The van der Waals surface area contributed by atoms with Gasteiger partial charge in [0.15, 0.2) is 0 Å². The Kier molecular flexibility index (Phi) is 2.95. The number of hydrogen-bond acceptors (Lipinski definition) is 4. The lowest BCUT2D eigenvalue weighted by Gasteiger charge is -2.28. The van der Waals surface area contributed by atoms with Gasteiger partial charge >= 0.3 is 0 Å². The third kappa shape index (κ3) is 1.96. The first-order valence-electron chi connectivity index (χ1n) is 5.52. The van der Waals surface area contributed by atoms with E-state index in [-0.39, 0.29) is 18.4 Å². The van der Waals surface area contributed by atoms with Crippen molar-refractivity contribution in [2.45, 2.75) is 0 Å². The molecule has 7 heteroatoms. The Hall–Kier alpha value is -0.660. The van der Waals surface area contributed by atoms with Gasteiger partial charge in [0.05, 0.1) is 24.9 Å². The molecule has 0 bridgehead atoms. The van der Waals surface area contributed by atoms with Gasteiger partial charge in [-0.3, -0.25) is 4.79 Å². The van der Waals surface area contributed by atoms with Gasteiger partial charge in [-0.2, -0.15) is 0 Å². The number of rotatable bonds is 2. The summed E-state index contributed by atoms with van der Waals surface area (Å²) in [5.41, 5.74) is -0.674. The van der Waals surface area contributed by atoms with Crippen LogP contribution >= 0.6 is 0 Å². The highest BCUT2D eigenvalue weighted by Crippen LogP contribution is 2.43. The Morgan fingerprint density at radius 2 is 2.12 bits per heavy atom. The highest BCUT2D eigenvalue weighted by Gasteiger charge is 2.57. The van der Waals surface area contributed by atoms with Crippen molar-refractivity contribution in [1.82, 2.24) is 9.21 Å². The summed E-state index contributed by atoms with van der Waals surface area (Å²) in [4.78, 5) is 13.8. The van der Waals surface area contributed by atoms with E-state index in [0.29, 0.717) is 19.8 Å². The fourth-order valence-electron chi connectivity index (χ4n) is 2.69. The van der Waals surface area contributed by atoms with E-state index in [4.69, 9.17) is 4.74 Å². The van der Waals surface area contributed by atoms with Crippen LogP contribution in [0.1, 0.15) is 0 Å². The number of nitrogens with zero attached hydrogens (tertiary/aromatic N) is 2. The van der Waals surface area contributed by atoms with Gasteiger partial charge in [0.25, 0.3) is 0 Å². The summed E-state index contributed by atoms with van der Waals surface area (Å²) in [6.45, 7) is 1.41. The summed E-state index contributed by atoms with van der Waals surface area (Å²) in [6.07, 6.45) is 1.18. The molecule has 17 heavy (non-hydrogen) atoms. The minimum absolute atomic E-state index is 0.0212. The molecule has 2 rings (SSSR count). The van der Waals surface area contributed by atoms with E-state index < -0.39 is 15.4 Å². The molecule has 6 nitrogen and oxygen atoms in total. The Labute approximate surface area is 102 Å². The second-order valence-electron chi connectivity index (χ2n) is 5.12. The molecule has 2 fully saturated rings. The molecular weight excluding hydrogens is 244 g/mol. The normalized spacial score (nSPS) is 33.7. The highest BCUT2D eigenvalue weighted by atomic mass is 32.2. The maximum atomic E-state index is 12.2. The molecule has 0 saturated carbocycles. The number of carbonyl (C=O) groups is 1. The molecule has 2 atom stereocenters. The van der Waals surface area contributed by atoms with Crippen LogP contribution < -0.4 is 0 Å². The average Bonchev–Trinajstić information content (AvgIpc) is 2.70. The van der Waals surface area contributed by atoms with Gasteiger partial charge in [0, 0.05) is 33.1 Å². The van der Waals surface area contributed by atoms with Gasteiger partial charge in [-0.05, 0) is 0 Å². The van der Waals surface area contributed by atoms with Crippen molar-refractivity contribution in [3.63, 3.8) is 0 Å². The zero-order valence-electron chi connectivity index (χ0n) is 10.3.